The first-order valence-corrected chi connectivity index (χ1v) is 6.64. The Kier molecular flexibility index (Phi) is 3.00. The summed E-state index contributed by atoms with van der Waals surface area (Å²) in [6.07, 6.45) is 1.82. The zero-order valence-electron chi connectivity index (χ0n) is 10.2. The van der Waals surface area contributed by atoms with Crippen LogP contribution in [-0.2, 0) is 11.2 Å². The summed E-state index contributed by atoms with van der Waals surface area (Å²) < 4.78 is 5.20. The summed E-state index contributed by atoms with van der Waals surface area (Å²) in [5, 5.41) is 9.96. The normalized spacial score (nSPS) is 10.8. The number of nitrogens with zero attached hydrogens (tertiary/aromatic N) is 2. The number of hydrogen-bond donors (Lipinski definition) is 1. The van der Waals surface area contributed by atoms with E-state index in [9.17, 15) is 4.79 Å². The molecule has 3 aromatic rings. The first-order valence-electron chi connectivity index (χ1n) is 5.76. The number of fused-ring (bicyclic) bond motifs is 1. The van der Waals surface area contributed by atoms with E-state index < -0.39 is 0 Å². The molecule has 19 heavy (non-hydrogen) atoms. The number of anilines is 1. The predicted molar refractivity (Wildman–Crippen MR) is 73.2 cm³/mol. The van der Waals surface area contributed by atoms with E-state index in [1.165, 1.54) is 11.3 Å². The van der Waals surface area contributed by atoms with Gasteiger partial charge in [0.1, 0.15) is 5.69 Å². The third-order valence-corrected chi connectivity index (χ3v) is 3.40. The van der Waals surface area contributed by atoms with Crippen LogP contribution in [0.4, 0.5) is 5.13 Å². The second kappa shape index (κ2) is 4.81. The molecule has 0 bridgehead atoms. The highest BCUT2D eigenvalue weighted by molar-refractivity contribution is 7.13. The molecular formula is C13H11N3O2S. The van der Waals surface area contributed by atoms with E-state index in [4.69, 9.17) is 4.52 Å². The van der Waals surface area contributed by atoms with Crippen molar-refractivity contribution < 1.29 is 9.32 Å². The zero-order valence-corrected chi connectivity index (χ0v) is 11.0. The van der Waals surface area contributed by atoms with Crippen molar-refractivity contribution in [3.63, 3.8) is 0 Å². The standard InChI is InChI=1S/C13H11N3O2S/c1-8-2-3-11-9(6-8)10(16-18-11)7-12(17)15-13-14-4-5-19-13/h2-6H,7H2,1H3,(H,14,15,17). The van der Waals surface area contributed by atoms with Crippen molar-refractivity contribution in [1.29, 1.82) is 0 Å². The van der Waals surface area contributed by atoms with E-state index >= 15 is 0 Å². The van der Waals surface area contributed by atoms with Gasteiger partial charge in [0.2, 0.25) is 5.91 Å². The summed E-state index contributed by atoms with van der Waals surface area (Å²) in [6.45, 7) is 1.99. The van der Waals surface area contributed by atoms with Crippen LogP contribution in [0.2, 0.25) is 0 Å². The average molecular weight is 273 g/mol. The number of amides is 1. The lowest BCUT2D eigenvalue weighted by molar-refractivity contribution is -0.115. The molecule has 1 N–H and O–H groups in total. The van der Waals surface area contributed by atoms with Gasteiger partial charge in [-0.3, -0.25) is 4.79 Å². The fraction of sp³-hybridized carbons (Fsp3) is 0.154. The van der Waals surface area contributed by atoms with E-state index in [-0.39, 0.29) is 12.3 Å². The first kappa shape index (κ1) is 11.9. The highest BCUT2D eigenvalue weighted by Crippen LogP contribution is 2.20. The Bertz CT molecular complexity index is 719. The molecule has 0 atom stereocenters. The molecule has 0 unspecified atom stereocenters. The lowest BCUT2D eigenvalue weighted by atomic mass is 10.1. The number of benzene rings is 1. The minimum absolute atomic E-state index is 0.147. The third kappa shape index (κ3) is 2.48. The quantitative estimate of drug-likeness (QED) is 0.796. The fourth-order valence-corrected chi connectivity index (χ4v) is 2.38. The SMILES string of the molecule is Cc1ccc2onc(CC(=O)Nc3nccs3)c2c1. The highest BCUT2D eigenvalue weighted by Gasteiger charge is 2.13. The molecule has 1 amide bonds. The van der Waals surface area contributed by atoms with Gasteiger partial charge in [0, 0.05) is 17.0 Å². The second-order valence-electron chi connectivity index (χ2n) is 4.19. The molecule has 0 radical (unpaired) electrons. The fourth-order valence-electron chi connectivity index (χ4n) is 1.83. The molecule has 0 aliphatic carbocycles. The predicted octanol–water partition coefficient (Wildman–Crippen LogP) is 2.77. The summed E-state index contributed by atoms with van der Waals surface area (Å²) in [5.74, 6) is -0.147. The van der Waals surface area contributed by atoms with Crippen molar-refractivity contribution in [2.75, 3.05) is 5.32 Å². The molecule has 0 saturated carbocycles. The number of carbonyl (C=O) groups is 1. The molecule has 96 valence electrons. The average Bonchev–Trinajstić information content (AvgIpc) is 3.00. The minimum Gasteiger partial charge on any atom is -0.356 e. The number of hydrogen-bond acceptors (Lipinski definition) is 5. The lowest BCUT2D eigenvalue weighted by Gasteiger charge is -1.99. The molecule has 1 aromatic carbocycles. The molecule has 2 heterocycles. The molecule has 0 fully saturated rings. The van der Waals surface area contributed by atoms with Gasteiger partial charge in [0.15, 0.2) is 10.7 Å². The van der Waals surface area contributed by atoms with Crippen molar-refractivity contribution in [1.82, 2.24) is 10.1 Å². The van der Waals surface area contributed by atoms with Crippen LogP contribution in [0.25, 0.3) is 11.0 Å². The van der Waals surface area contributed by atoms with Crippen molar-refractivity contribution >= 4 is 33.3 Å². The van der Waals surface area contributed by atoms with Crippen molar-refractivity contribution in [2.24, 2.45) is 0 Å². The number of aromatic nitrogens is 2. The van der Waals surface area contributed by atoms with Gasteiger partial charge >= 0.3 is 0 Å². The number of nitrogens with one attached hydrogen (secondary N) is 1. The Labute approximate surface area is 113 Å². The van der Waals surface area contributed by atoms with E-state index in [0.717, 1.165) is 10.9 Å². The maximum Gasteiger partial charge on any atom is 0.232 e. The summed E-state index contributed by atoms with van der Waals surface area (Å²) in [6, 6.07) is 5.78. The molecule has 2 aromatic heterocycles. The van der Waals surface area contributed by atoms with E-state index in [0.29, 0.717) is 16.4 Å². The van der Waals surface area contributed by atoms with Crippen molar-refractivity contribution in [3.05, 3.63) is 41.0 Å². The Balaban J connectivity index is 1.81. The number of aryl methyl sites for hydroxylation is 1. The van der Waals surface area contributed by atoms with Crippen LogP contribution >= 0.6 is 11.3 Å². The molecule has 0 spiro atoms. The van der Waals surface area contributed by atoms with Crippen LogP contribution in [0.15, 0.2) is 34.3 Å². The van der Waals surface area contributed by atoms with Crippen LogP contribution in [-0.4, -0.2) is 16.0 Å². The molecular weight excluding hydrogens is 262 g/mol. The van der Waals surface area contributed by atoms with Crippen molar-refractivity contribution in [2.45, 2.75) is 13.3 Å². The number of rotatable bonds is 3. The smallest absolute Gasteiger partial charge is 0.232 e. The van der Waals surface area contributed by atoms with Gasteiger partial charge in [-0.15, -0.1) is 11.3 Å². The Hall–Kier alpha value is -2.21. The second-order valence-corrected chi connectivity index (χ2v) is 5.09. The van der Waals surface area contributed by atoms with Gasteiger partial charge < -0.3 is 9.84 Å². The molecule has 0 saturated heterocycles. The molecule has 6 heteroatoms. The summed E-state index contributed by atoms with van der Waals surface area (Å²) in [7, 11) is 0. The van der Waals surface area contributed by atoms with E-state index in [1.54, 1.807) is 6.20 Å². The Morgan fingerprint density at radius 3 is 3.16 bits per heavy atom. The van der Waals surface area contributed by atoms with Crippen LogP contribution < -0.4 is 5.32 Å². The first-order chi connectivity index (χ1) is 9.22. The molecule has 0 aliphatic heterocycles. The number of carbonyl (C=O) groups excluding carboxylic acids is 1. The van der Waals surface area contributed by atoms with Crippen molar-refractivity contribution in [3.8, 4) is 0 Å². The van der Waals surface area contributed by atoms with Gasteiger partial charge in [-0.1, -0.05) is 16.8 Å². The maximum absolute atomic E-state index is 11.9. The van der Waals surface area contributed by atoms with Crippen LogP contribution in [0.3, 0.4) is 0 Å². The highest BCUT2D eigenvalue weighted by atomic mass is 32.1. The topological polar surface area (TPSA) is 68.0 Å². The zero-order chi connectivity index (χ0) is 13.2. The summed E-state index contributed by atoms with van der Waals surface area (Å²) >= 11 is 1.38. The molecule has 3 rings (SSSR count). The Morgan fingerprint density at radius 1 is 1.47 bits per heavy atom. The van der Waals surface area contributed by atoms with E-state index in [2.05, 4.69) is 15.5 Å². The lowest BCUT2D eigenvalue weighted by Crippen LogP contribution is -2.14. The van der Waals surface area contributed by atoms with Gasteiger partial charge in [0.05, 0.1) is 6.42 Å². The molecule has 5 nitrogen and oxygen atoms in total. The van der Waals surface area contributed by atoms with Crippen LogP contribution in [0, 0.1) is 6.92 Å². The van der Waals surface area contributed by atoms with Gasteiger partial charge in [-0.05, 0) is 19.1 Å². The summed E-state index contributed by atoms with van der Waals surface area (Å²) in [5.41, 5.74) is 2.45. The van der Waals surface area contributed by atoms with Crippen LogP contribution in [0.1, 0.15) is 11.3 Å². The maximum atomic E-state index is 11.9. The largest absolute Gasteiger partial charge is 0.356 e. The van der Waals surface area contributed by atoms with Gasteiger partial charge in [0.25, 0.3) is 0 Å². The van der Waals surface area contributed by atoms with Gasteiger partial charge in [-0.25, -0.2) is 4.98 Å². The monoisotopic (exact) mass is 273 g/mol. The van der Waals surface area contributed by atoms with Gasteiger partial charge in [-0.2, -0.15) is 0 Å². The van der Waals surface area contributed by atoms with Crippen LogP contribution in [0.5, 0.6) is 0 Å². The minimum atomic E-state index is -0.147. The number of thiazole rings is 1. The Morgan fingerprint density at radius 2 is 2.37 bits per heavy atom. The third-order valence-electron chi connectivity index (χ3n) is 2.71. The summed E-state index contributed by atoms with van der Waals surface area (Å²) in [4.78, 5) is 15.9. The van der Waals surface area contributed by atoms with E-state index in [1.807, 2.05) is 30.5 Å². The molecule has 0 aliphatic rings.